The second-order valence-electron chi connectivity index (χ2n) is 6.13. The van der Waals surface area contributed by atoms with E-state index in [1.54, 1.807) is 0 Å². The molecule has 1 amide bonds. The number of methoxy groups -OCH3 is 1. The normalized spacial score (nSPS) is 11.1. The van der Waals surface area contributed by atoms with Gasteiger partial charge in [0, 0.05) is 13.1 Å². The molecule has 2 rings (SSSR count). The maximum absolute atomic E-state index is 12.3. The van der Waals surface area contributed by atoms with Crippen LogP contribution in [0.1, 0.15) is 23.6 Å². The first-order valence-corrected chi connectivity index (χ1v) is 9.60. The molecule has 0 aliphatic rings. The van der Waals surface area contributed by atoms with Gasteiger partial charge in [0.2, 0.25) is 0 Å². The highest BCUT2D eigenvalue weighted by Gasteiger charge is 2.16. The lowest BCUT2D eigenvalue weighted by Gasteiger charge is -2.21. The van der Waals surface area contributed by atoms with Crippen molar-refractivity contribution in [3.8, 4) is 0 Å². The number of nitrogens with one attached hydrogen (secondary N) is 3. The Hall–Kier alpha value is -3.13. The third-order valence-corrected chi connectivity index (χ3v) is 4.30. The van der Waals surface area contributed by atoms with E-state index in [-0.39, 0.29) is 25.0 Å². The molecule has 154 valence electrons. The largest absolute Gasteiger partial charge is 0.469 e. The summed E-state index contributed by atoms with van der Waals surface area (Å²) in [5.41, 5.74) is 1.82. The number of rotatable bonds is 9. The number of amides is 1. The summed E-state index contributed by atoms with van der Waals surface area (Å²) in [7, 11) is 1.34. The molecule has 1 atom stereocenters. The van der Waals surface area contributed by atoms with Gasteiger partial charge in [-0.15, -0.1) is 0 Å². The van der Waals surface area contributed by atoms with Crippen molar-refractivity contribution in [2.75, 3.05) is 20.2 Å². The molecule has 0 aromatic heterocycles. The van der Waals surface area contributed by atoms with Crippen molar-refractivity contribution in [3.63, 3.8) is 0 Å². The molecule has 2 aromatic rings. The Morgan fingerprint density at radius 3 is 2.31 bits per heavy atom. The highest BCUT2D eigenvalue weighted by molar-refractivity contribution is 7.80. The van der Waals surface area contributed by atoms with Gasteiger partial charge in [0.15, 0.2) is 5.11 Å². The Morgan fingerprint density at radius 2 is 1.66 bits per heavy atom. The minimum absolute atomic E-state index is 0.190. The Bertz CT molecular complexity index is 787. The minimum Gasteiger partial charge on any atom is -0.469 e. The van der Waals surface area contributed by atoms with Crippen LogP contribution in [0.3, 0.4) is 0 Å². The molecule has 29 heavy (non-hydrogen) atoms. The predicted octanol–water partition coefficient (Wildman–Crippen LogP) is 2.68. The first-order valence-electron chi connectivity index (χ1n) is 9.19. The van der Waals surface area contributed by atoms with Crippen LogP contribution in [0.4, 0.5) is 4.79 Å². The summed E-state index contributed by atoms with van der Waals surface area (Å²) in [6.07, 6.45) is -0.307. The molecule has 0 unspecified atom stereocenters. The summed E-state index contributed by atoms with van der Waals surface area (Å²) in [5.74, 6) is -0.315. The summed E-state index contributed by atoms with van der Waals surface area (Å²) in [6, 6.07) is 18.6. The van der Waals surface area contributed by atoms with E-state index in [4.69, 9.17) is 17.0 Å². The molecule has 0 fully saturated rings. The molecule has 7 nitrogen and oxygen atoms in total. The molecular weight excluding hydrogens is 390 g/mol. The summed E-state index contributed by atoms with van der Waals surface area (Å²) in [5, 5.41) is 9.22. The zero-order valence-corrected chi connectivity index (χ0v) is 17.0. The molecule has 0 heterocycles. The maximum Gasteiger partial charge on any atom is 0.408 e. The van der Waals surface area contributed by atoms with Crippen LogP contribution in [0.5, 0.6) is 0 Å². The smallest absolute Gasteiger partial charge is 0.408 e. The average molecular weight is 416 g/mol. The molecule has 0 aliphatic carbocycles. The molecule has 8 heteroatoms. The number of hydrogen-bond donors (Lipinski definition) is 3. The maximum atomic E-state index is 12.3. The van der Waals surface area contributed by atoms with Crippen LogP contribution in [0, 0.1) is 0 Å². The molecule has 0 bridgehead atoms. The Balaban J connectivity index is 1.86. The number of hydrogen-bond acceptors (Lipinski definition) is 5. The van der Waals surface area contributed by atoms with Gasteiger partial charge in [-0.05, 0) is 23.3 Å². The van der Waals surface area contributed by atoms with E-state index in [9.17, 15) is 9.59 Å². The fourth-order valence-electron chi connectivity index (χ4n) is 2.48. The fraction of sp³-hybridized carbons (Fsp3) is 0.286. The zero-order valence-electron chi connectivity index (χ0n) is 16.2. The monoisotopic (exact) mass is 415 g/mol. The highest BCUT2D eigenvalue weighted by Crippen LogP contribution is 2.12. The van der Waals surface area contributed by atoms with Gasteiger partial charge in [-0.1, -0.05) is 60.7 Å². The van der Waals surface area contributed by atoms with Gasteiger partial charge in [-0.25, -0.2) is 4.79 Å². The van der Waals surface area contributed by atoms with Crippen LogP contribution in [-0.4, -0.2) is 37.4 Å². The van der Waals surface area contributed by atoms with Crippen molar-refractivity contribution in [2.24, 2.45) is 0 Å². The lowest BCUT2D eigenvalue weighted by Crippen LogP contribution is -2.42. The standard InChI is InChI=1S/C21H25N3O4S/c1-27-19(25)12-13-22-20(29)23-14-18(17-10-6-3-7-11-17)24-21(26)28-15-16-8-4-2-5-9-16/h2-11,18H,12-15H2,1H3,(H,24,26)(H2,22,23,29)/t18-/m1/s1. The van der Waals surface area contributed by atoms with E-state index >= 15 is 0 Å². The van der Waals surface area contributed by atoms with E-state index in [0.29, 0.717) is 18.2 Å². The van der Waals surface area contributed by atoms with Crippen molar-refractivity contribution in [1.82, 2.24) is 16.0 Å². The van der Waals surface area contributed by atoms with Crippen LogP contribution in [0.15, 0.2) is 60.7 Å². The first kappa shape index (κ1) is 22.2. The van der Waals surface area contributed by atoms with Gasteiger partial charge in [-0.2, -0.15) is 0 Å². The fourth-order valence-corrected chi connectivity index (χ4v) is 2.67. The Labute approximate surface area is 175 Å². The number of esters is 1. The molecule has 0 radical (unpaired) electrons. The van der Waals surface area contributed by atoms with E-state index in [1.165, 1.54) is 7.11 Å². The summed E-state index contributed by atoms with van der Waals surface area (Å²) < 4.78 is 9.90. The molecule has 3 N–H and O–H groups in total. The number of carbonyl (C=O) groups is 2. The molecule has 0 saturated heterocycles. The molecule has 2 aromatic carbocycles. The Kier molecular flexibility index (Phi) is 9.44. The van der Waals surface area contributed by atoms with Gasteiger partial charge in [-0.3, -0.25) is 4.79 Å². The summed E-state index contributed by atoms with van der Waals surface area (Å²) in [4.78, 5) is 23.4. The van der Waals surface area contributed by atoms with E-state index < -0.39 is 6.09 Å². The molecule has 0 saturated carbocycles. The van der Waals surface area contributed by atoms with Crippen molar-refractivity contribution in [2.45, 2.75) is 19.1 Å². The Morgan fingerprint density at radius 1 is 1.00 bits per heavy atom. The quantitative estimate of drug-likeness (QED) is 0.429. The van der Waals surface area contributed by atoms with Gasteiger partial charge in [0.1, 0.15) is 6.61 Å². The second kappa shape index (κ2) is 12.4. The van der Waals surface area contributed by atoms with Gasteiger partial charge in [0.25, 0.3) is 0 Å². The van der Waals surface area contributed by atoms with Gasteiger partial charge < -0.3 is 25.4 Å². The molecular formula is C21H25N3O4S. The SMILES string of the molecule is COC(=O)CCNC(=S)NC[C@@H](NC(=O)OCc1ccccc1)c1ccccc1. The van der Waals surface area contributed by atoms with Crippen LogP contribution in [0.25, 0.3) is 0 Å². The number of alkyl carbamates (subject to hydrolysis) is 1. The lowest BCUT2D eigenvalue weighted by atomic mass is 10.1. The first-order chi connectivity index (χ1) is 14.1. The summed E-state index contributed by atoms with van der Waals surface area (Å²) >= 11 is 5.22. The third-order valence-electron chi connectivity index (χ3n) is 4.02. The lowest BCUT2D eigenvalue weighted by molar-refractivity contribution is -0.140. The van der Waals surface area contributed by atoms with Crippen LogP contribution in [0.2, 0.25) is 0 Å². The highest BCUT2D eigenvalue weighted by atomic mass is 32.1. The van der Waals surface area contributed by atoms with Crippen molar-refractivity contribution in [1.29, 1.82) is 0 Å². The van der Waals surface area contributed by atoms with Gasteiger partial charge in [0.05, 0.1) is 19.6 Å². The number of benzene rings is 2. The van der Waals surface area contributed by atoms with E-state index in [0.717, 1.165) is 11.1 Å². The topological polar surface area (TPSA) is 88.7 Å². The van der Waals surface area contributed by atoms with Gasteiger partial charge >= 0.3 is 12.1 Å². The number of ether oxygens (including phenoxy) is 2. The minimum atomic E-state index is -0.519. The van der Waals surface area contributed by atoms with Crippen LogP contribution >= 0.6 is 12.2 Å². The van der Waals surface area contributed by atoms with Crippen LogP contribution < -0.4 is 16.0 Å². The molecule has 0 aliphatic heterocycles. The van der Waals surface area contributed by atoms with Crippen LogP contribution in [-0.2, 0) is 20.9 Å². The second-order valence-corrected chi connectivity index (χ2v) is 6.54. The number of thiocarbonyl (C=S) groups is 1. The zero-order chi connectivity index (χ0) is 20.9. The van der Waals surface area contributed by atoms with Crippen molar-refractivity contribution < 1.29 is 19.1 Å². The summed E-state index contributed by atoms with van der Waals surface area (Å²) in [6.45, 7) is 0.907. The molecule has 0 spiro atoms. The number of carbonyl (C=O) groups excluding carboxylic acids is 2. The van der Waals surface area contributed by atoms with E-state index in [1.807, 2.05) is 60.7 Å². The van der Waals surface area contributed by atoms with Crippen molar-refractivity contribution in [3.05, 3.63) is 71.8 Å². The average Bonchev–Trinajstić information content (AvgIpc) is 2.76. The third kappa shape index (κ3) is 8.61. The van der Waals surface area contributed by atoms with Crippen molar-refractivity contribution >= 4 is 29.4 Å². The predicted molar refractivity (Wildman–Crippen MR) is 114 cm³/mol. The van der Waals surface area contributed by atoms with E-state index in [2.05, 4.69) is 20.7 Å².